The van der Waals surface area contributed by atoms with Crippen LogP contribution in [0, 0.1) is 0 Å². The highest BCUT2D eigenvalue weighted by molar-refractivity contribution is 5.97. The molecule has 0 aliphatic heterocycles. The molecule has 0 spiro atoms. The number of carbonyl (C=O) groups excluding carboxylic acids is 1. The third-order valence-electron chi connectivity index (χ3n) is 1.24. The van der Waals surface area contributed by atoms with Crippen molar-refractivity contribution in [3.8, 4) is 0 Å². The number of H-pyrrole nitrogens is 1. The molecule has 0 fully saturated rings. The maximum atomic E-state index is 10.9. The molecule has 3 heteroatoms. The summed E-state index contributed by atoms with van der Waals surface area (Å²) in [6.07, 6.45) is 0.731. The summed E-state index contributed by atoms with van der Waals surface area (Å²) in [6.45, 7) is 1.45. The molecule has 0 saturated carbocycles. The molecule has 0 amide bonds. The average molecular weight is 139 g/mol. The molecule has 0 saturated heterocycles. The Labute approximate surface area is 58.7 Å². The van der Waals surface area contributed by atoms with Crippen molar-refractivity contribution < 1.29 is 9.90 Å². The average Bonchev–Trinajstić information content (AvgIpc) is 2.36. The minimum Gasteiger partial charge on any atom is -0.385 e. The van der Waals surface area contributed by atoms with Crippen molar-refractivity contribution >= 4 is 5.78 Å². The van der Waals surface area contributed by atoms with E-state index in [1.807, 2.05) is 0 Å². The summed E-state index contributed by atoms with van der Waals surface area (Å²) in [5, 5.41) is 8.82. The monoisotopic (exact) mass is 139 g/mol. The summed E-state index contributed by atoms with van der Waals surface area (Å²) in [5.41, 5.74) is 0.454. The zero-order valence-corrected chi connectivity index (χ0v) is 5.66. The fraction of sp³-hybridized carbons (Fsp3) is 0.286. The summed E-state index contributed by atoms with van der Waals surface area (Å²) in [5.74, 6) is -0.273. The van der Waals surface area contributed by atoms with Gasteiger partial charge >= 0.3 is 0 Å². The van der Waals surface area contributed by atoms with Gasteiger partial charge in [-0.3, -0.25) is 4.79 Å². The lowest BCUT2D eigenvalue weighted by molar-refractivity contribution is 0.0775. The highest BCUT2D eigenvalue weighted by Gasteiger charge is 2.11. The number of aliphatic hydroxyl groups excluding tert-OH is 1. The highest BCUT2D eigenvalue weighted by Crippen LogP contribution is 1.98. The van der Waals surface area contributed by atoms with Gasteiger partial charge in [-0.25, -0.2) is 0 Å². The zero-order chi connectivity index (χ0) is 7.56. The number of carbonyl (C=O) groups is 1. The molecular weight excluding hydrogens is 130 g/mol. The fourth-order valence-corrected chi connectivity index (χ4v) is 0.709. The first kappa shape index (κ1) is 7.02. The Kier molecular flexibility index (Phi) is 1.87. The molecule has 1 rings (SSSR count). The molecule has 1 heterocycles. The first-order chi connectivity index (χ1) is 4.72. The van der Waals surface area contributed by atoms with Crippen LogP contribution in [0.3, 0.4) is 0 Å². The van der Waals surface area contributed by atoms with E-state index in [2.05, 4.69) is 4.98 Å². The number of hydrogen-bond donors (Lipinski definition) is 2. The van der Waals surface area contributed by atoms with Crippen LogP contribution >= 0.6 is 0 Å². The molecule has 0 unspecified atom stereocenters. The van der Waals surface area contributed by atoms with Crippen molar-refractivity contribution in [3.63, 3.8) is 0 Å². The van der Waals surface area contributed by atoms with Gasteiger partial charge in [-0.2, -0.15) is 0 Å². The molecule has 54 valence electrons. The third-order valence-corrected chi connectivity index (χ3v) is 1.24. The van der Waals surface area contributed by atoms with Gasteiger partial charge in [0, 0.05) is 6.20 Å². The standard InChI is InChI=1S/C7H9NO2/c1-5(9)7(10)6-3-2-4-8-6/h2-5,8-9H,1H3/t5-/m1/s1. The molecule has 0 aromatic carbocycles. The SMILES string of the molecule is C[C@@H](O)C(=O)c1ccc[nH]1. The van der Waals surface area contributed by atoms with E-state index >= 15 is 0 Å². The normalized spacial score (nSPS) is 13.0. The Bertz CT molecular complexity index is 214. The molecule has 1 atom stereocenters. The van der Waals surface area contributed by atoms with Crippen LogP contribution in [0.5, 0.6) is 0 Å². The fourth-order valence-electron chi connectivity index (χ4n) is 0.709. The zero-order valence-electron chi connectivity index (χ0n) is 5.66. The summed E-state index contributed by atoms with van der Waals surface area (Å²) in [6, 6.07) is 3.35. The Balaban J connectivity index is 2.78. The van der Waals surface area contributed by atoms with Crippen LogP contribution in [-0.4, -0.2) is 22.0 Å². The third kappa shape index (κ3) is 1.25. The lowest BCUT2D eigenvalue weighted by atomic mass is 10.2. The molecule has 0 bridgehead atoms. The lowest BCUT2D eigenvalue weighted by Gasteiger charge is -1.98. The Hall–Kier alpha value is -1.09. The Morgan fingerprint density at radius 1 is 1.80 bits per heavy atom. The molecule has 1 aromatic rings. The maximum absolute atomic E-state index is 10.9. The summed E-state index contributed by atoms with van der Waals surface area (Å²) >= 11 is 0. The quantitative estimate of drug-likeness (QED) is 0.589. The second kappa shape index (κ2) is 2.66. The summed E-state index contributed by atoms with van der Waals surface area (Å²) in [4.78, 5) is 13.6. The molecule has 10 heavy (non-hydrogen) atoms. The van der Waals surface area contributed by atoms with Gasteiger partial charge in [0.25, 0.3) is 0 Å². The second-order valence-corrected chi connectivity index (χ2v) is 2.12. The predicted octanol–water partition coefficient (Wildman–Crippen LogP) is 0.578. The van der Waals surface area contributed by atoms with E-state index in [-0.39, 0.29) is 5.78 Å². The largest absolute Gasteiger partial charge is 0.385 e. The van der Waals surface area contributed by atoms with Crippen molar-refractivity contribution in [1.82, 2.24) is 4.98 Å². The first-order valence-electron chi connectivity index (χ1n) is 3.07. The number of Topliss-reactive ketones (excluding diaryl/α,β-unsaturated/α-hetero) is 1. The van der Waals surface area contributed by atoms with E-state index in [1.54, 1.807) is 18.3 Å². The number of ketones is 1. The minimum absolute atomic E-state index is 0.273. The lowest BCUT2D eigenvalue weighted by Crippen LogP contribution is -2.16. The van der Waals surface area contributed by atoms with E-state index < -0.39 is 6.10 Å². The van der Waals surface area contributed by atoms with Gasteiger partial charge < -0.3 is 10.1 Å². The first-order valence-corrected chi connectivity index (χ1v) is 3.07. The van der Waals surface area contributed by atoms with Crippen LogP contribution in [-0.2, 0) is 0 Å². The van der Waals surface area contributed by atoms with Crippen molar-refractivity contribution in [1.29, 1.82) is 0 Å². The Morgan fingerprint density at radius 2 is 2.50 bits per heavy atom. The van der Waals surface area contributed by atoms with Crippen LogP contribution in [0.2, 0.25) is 0 Å². The van der Waals surface area contributed by atoms with Crippen LogP contribution < -0.4 is 0 Å². The number of aromatic amines is 1. The number of rotatable bonds is 2. The van der Waals surface area contributed by atoms with Crippen LogP contribution in [0.25, 0.3) is 0 Å². The van der Waals surface area contributed by atoms with Crippen LogP contribution in [0.4, 0.5) is 0 Å². The van der Waals surface area contributed by atoms with E-state index in [0.29, 0.717) is 5.69 Å². The maximum Gasteiger partial charge on any atom is 0.207 e. The van der Waals surface area contributed by atoms with E-state index in [4.69, 9.17) is 5.11 Å². The van der Waals surface area contributed by atoms with E-state index in [0.717, 1.165) is 0 Å². The van der Waals surface area contributed by atoms with Crippen molar-refractivity contribution in [2.45, 2.75) is 13.0 Å². The van der Waals surface area contributed by atoms with Gasteiger partial charge in [-0.1, -0.05) is 0 Å². The summed E-state index contributed by atoms with van der Waals surface area (Å²) < 4.78 is 0. The van der Waals surface area contributed by atoms with Gasteiger partial charge in [0.15, 0.2) is 0 Å². The van der Waals surface area contributed by atoms with Gasteiger partial charge in [0.05, 0.1) is 5.69 Å². The topological polar surface area (TPSA) is 53.1 Å². The molecular formula is C7H9NO2. The van der Waals surface area contributed by atoms with Gasteiger partial charge in [-0.05, 0) is 19.1 Å². The number of aromatic nitrogens is 1. The molecule has 0 aliphatic carbocycles. The number of aliphatic hydroxyl groups is 1. The van der Waals surface area contributed by atoms with Crippen molar-refractivity contribution in [2.75, 3.05) is 0 Å². The predicted molar refractivity (Wildman–Crippen MR) is 36.8 cm³/mol. The highest BCUT2D eigenvalue weighted by atomic mass is 16.3. The van der Waals surface area contributed by atoms with Gasteiger partial charge in [0.1, 0.15) is 6.10 Å². The van der Waals surface area contributed by atoms with Gasteiger partial charge in [0.2, 0.25) is 5.78 Å². The number of nitrogens with one attached hydrogen (secondary N) is 1. The van der Waals surface area contributed by atoms with E-state index in [9.17, 15) is 4.79 Å². The number of hydrogen-bond acceptors (Lipinski definition) is 2. The molecule has 1 aromatic heterocycles. The smallest absolute Gasteiger partial charge is 0.207 e. The van der Waals surface area contributed by atoms with Gasteiger partial charge in [-0.15, -0.1) is 0 Å². The van der Waals surface area contributed by atoms with Crippen molar-refractivity contribution in [3.05, 3.63) is 24.0 Å². The Morgan fingerprint density at radius 3 is 2.90 bits per heavy atom. The molecule has 0 radical (unpaired) electrons. The minimum atomic E-state index is -0.918. The second-order valence-electron chi connectivity index (χ2n) is 2.12. The van der Waals surface area contributed by atoms with Crippen molar-refractivity contribution in [2.24, 2.45) is 0 Å². The molecule has 0 aliphatic rings. The summed E-state index contributed by atoms with van der Waals surface area (Å²) in [7, 11) is 0. The molecule has 3 nitrogen and oxygen atoms in total. The van der Waals surface area contributed by atoms with Crippen LogP contribution in [0.1, 0.15) is 17.4 Å². The van der Waals surface area contributed by atoms with Crippen LogP contribution in [0.15, 0.2) is 18.3 Å². The van der Waals surface area contributed by atoms with E-state index in [1.165, 1.54) is 6.92 Å². The molecule has 2 N–H and O–H groups in total.